The molecule has 0 bridgehead atoms. The number of amides is 1. The van der Waals surface area contributed by atoms with Crippen molar-refractivity contribution in [2.45, 2.75) is 23.1 Å². The molecule has 0 spiro atoms. The lowest BCUT2D eigenvalue weighted by molar-refractivity contribution is -0.123. The highest BCUT2D eigenvalue weighted by Gasteiger charge is 2.27. The van der Waals surface area contributed by atoms with Crippen molar-refractivity contribution in [2.75, 3.05) is 16.8 Å². The molecule has 9 nitrogen and oxygen atoms in total. The second kappa shape index (κ2) is 9.48. The van der Waals surface area contributed by atoms with E-state index in [2.05, 4.69) is 31.1 Å². The van der Waals surface area contributed by atoms with E-state index >= 15 is 0 Å². The number of nitrogen functional groups attached to an aromatic ring is 1. The van der Waals surface area contributed by atoms with Crippen molar-refractivity contribution in [1.82, 2.24) is 30.8 Å². The minimum absolute atomic E-state index is 0.0653. The van der Waals surface area contributed by atoms with Gasteiger partial charge in [-0.2, -0.15) is 0 Å². The molecule has 1 aliphatic rings. The third kappa shape index (κ3) is 5.17. The maximum atomic E-state index is 12.3. The molecule has 2 aromatic carbocycles. The Hall–Kier alpha value is -2.99. The number of benzene rings is 2. The van der Waals surface area contributed by atoms with Crippen molar-refractivity contribution in [2.24, 2.45) is 0 Å². The van der Waals surface area contributed by atoms with Crippen LogP contribution in [0.15, 0.2) is 52.9 Å². The van der Waals surface area contributed by atoms with Crippen LogP contribution in [-0.4, -0.2) is 44.2 Å². The SMILES string of the molecule is Nc1nnc(SCC2CC(=O)NC(Nc3nc(-c4ccccc4)c4cc(Cl)ccc4n3)N2)s1. The van der Waals surface area contributed by atoms with Gasteiger partial charge in [-0.15, -0.1) is 10.2 Å². The first-order chi connectivity index (χ1) is 16.0. The molecule has 5 rings (SSSR count). The van der Waals surface area contributed by atoms with Gasteiger partial charge in [-0.25, -0.2) is 9.97 Å². The van der Waals surface area contributed by atoms with Gasteiger partial charge in [0.25, 0.3) is 0 Å². The number of hydrogen-bond donors (Lipinski definition) is 4. The molecule has 2 unspecified atom stereocenters. The van der Waals surface area contributed by atoms with Crippen LogP contribution < -0.4 is 21.7 Å². The summed E-state index contributed by atoms with van der Waals surface area (Å²) < 4.78 is 0.772. The molecular weight excluding hydrogens is 480 g/mol. The van der Waals surface area contributed by atoms with Crippen LogP contribution in [0.1, 0.15) is 6.42 Å². The van der Waals surface area contributed by atoms with Crippen LogP contribution in [0.3, 0.4) is 0 Å². The Bertz CT molecular complexity index is 1300. The lowest BCUT2D eigenvalue weighted by Crippen LogP contribution is -2.60. The summed E-state index contributed by atoms with van der Waals surface area (Å²) in [5, 5.41) is 19.2. The molecular formula is C21H19ClN8OS2. The van der Waals surface area contributed by atoms with Crippen LogP contribution in [0.5, 0.6) is 0 Å². The first-order valence-corrected chi connectivity index (χ1v) is 12.3. The number of fused-ring (bicyclic) bond motifs is 1. The van der Waals surface area contributed by atoms with Crippen molar-refractivity contribution < 1.29 is 4.79 Å². The first kappa shape index (κ1) is 21.8. The van der Waals surface area contributed by atoms with E-state index in [-0.39, 0.29) is 11.9 Å². The number of nitrogens with zero attached hydrogens (tertiary/aromatic N) is 4. The minimum Gasteiger partial charge on any atom is -0.374 e. The van der Waals surface area contributed by atoms with Crippen molar-refractivity contribution in [3.63, 3.8) is 0 Å². The monoisotopic (exact) mass is 498 g/mol. The zero-order valence-corrected chi connectivity index (χ0v) is 19.5. The summed E-state index contributed by atoms with van der Waals surface area (Å²) in [7, 11) is 0. The Kier molecular flexibility index (Phi) is 6.27. The van der Waals surface area contributed by atoms with Gasteiger partial charge in [-0.1, -0.05) is 65.0 Å². The maximum absolute atomic E-state index is 12.3. The summed E-state index contributed by atoms with van der Waals surface area (Å²) in [5.74, 6) is 0.975. The van der Waals surface area contributed by atoms with Crippen LogP contribution in [0.2, 0.25) is 5.02 Å². The lowest BCUT2D eigenvalue weighted by Gasteiger charge is -2.31. The van der Waals surface area contributed by atoms with Gasteiger partial charge in [0.2, 0.25) is 17.0 Å². The normalized spacial score (nSPS) is 18.3. The Morgan fingerprint density at radius 1 is 1.18 bits per heavy atom. The largest absolute Gasteiger partial charge is 0.374 e. The molecule has 0 radical (unpaired) electrons. The number of carbonyl (C=O) groups is 1. The molecule has 1 fully saturated rings. The first-order valence-electron chi connectivity index (χ1n) is 10.1. The van der Waals surface area contributed by atoms with Crippen molar-refractivity contribution in [3.05, 3.63) is 53.6 Å². The predicted molar refractivity (Wildman–Crippen MR) is 132 cm³/mol. The zero-order chi connectivity index (χ0) is 22.8. The Labute approximate surface area is 202 Å². The quantitative estimate of drug-likeness (QED) is 0.295. The van der Waals surface area contributed by atoms with Crippen LogP contribution in [0, 0.1) is 0 Å². The predicted octanol–water partition coefficient (Wildman–Crippen LogP) is 3.35. The van der Waals surface area contributed by atoms with E-state index in [1.807, 2.05) is 42.5 Å². The smallest absolute Gasteiger partial charge is 0.226 e. The van der Waals surface area contributed by atoms with Gasteiger partial charge < -0.3 is 16.4 Å². The highest BCUT2D eigenvalue weighted by atomic mass is 35.5. The fourth-order valence-corrected chi connectivity index (χ4v) is 5.39. The molecule has 3 heterocycles. The summed E-state index contributed by atoms with van der Waals surface area (Å²) in [4.78, 5) is 21.7. The summed E-state index contributed by atoms with van der Waals surface area (Å²) in [6.45, 7) is 0. The highest BCUT2D eigenvalue weighted by Crippen LogP contribution is 2.30. The molecule has 1 aliphatic heterocycles. The summed E-state index contributed by atoms with van der Waals surface area (Å²) in [5.41, 5.74) is 8.09. The van der Waals surface area contributed by atoms with Crippen molar-refractivity contribution >= 4 is 62.6 Å². The van der Waals surface area contributed by atoms with Crippen molar-refractivity contribution in [1.29, 1.82) is 0 Å². The van der Waals surface area contributed by atoms with E-state index in [0.717, 1.165) is 26.5 Å². The van der Waals surface area contributed by atoms with E-state index in [4.69, 9.17) is 22.3 Å². The zero-order valence-electron chi connectivity index (χ0n) is 17.2. The third-order valence-electron chi connectivity index (χ3n) is 4.95. The maximum Gasteiger partial charge on any atom is 0.226 e. The Morgan fingerprint density at radius 2 is 2.03 bits per heavy atom. The molecule has 2 atom stereocenters. The summed E-state index contributed by atoms with van der Waals surface area (Å²) in [6.07, 6.45) is -0.170. The van der Waals surface area contributed by atoms with E-state index in [9.17, 15) is 4.79 Å². The number of hydrogen-bond acceptors (Lipinski definition) is 10. The molecule has 4 aromatic rings. The summed E-state index contributed by atoms with van der Waals surface area (Å²) in [6, 6.07) is 15.3. The van der Waals surface area contributed by atoms with E-state index < -0.39 is 6.29 Å². The van der Waals surface area contributed by atoms with Gasteiger partial charge >= 0.3 is 0 Å². The van der Waals surface area contributed by atoms with Gasteiger partial charge in [0.05, 0.1) is 11.2 Å². The summed E-state index contributed by atoms with van der Waals surface area (Å²) >= 11 is 9.07. The molecule has 5 N–H and O–H groups in total. The minimum atomic E-state index is -0.523. The van der Waals surface area contributed by atoms with Crippen molar-refractivity contribution in [3.8, 4) is 11.3 Å². The third-order valence-corrected chi connectivity index (χ3v) is 7.23. The molecule has 1 amide bonds. The molecule has 168 valence electrons. The standard InChI is InChI=1S/C21H19ClN8OS2/c22-12-6-7-15-14(8-12)17(11-4-2-1-3-5-11)27-20(25-15)28-19-24-13(9-16(31)26-19)10-32-21-30-29-18(23)33-21/h1-8,13,19,24H,9-10H2,(H2,23,29)(H,26,31)(H,25,27,28). The Balaban J connectivity index is 1.37. The van der Waals surface area contributed by atoms with Gasteiger partial charge in [0.1, 0.15) is 0 Å². The number of rotatable bonds is 6. The molecule has 0 saturated carbocycles. The second-order valence-corrected chi connectivity index (χ2v) is 10.1. The van der Waals surface area contributed by atoms with Crippen LogP contribution in [0.4, 0.5) is 11.1 Å². The number of nitrogens with two attached hydrogens (primary N) is 1. The molecule has 12 heteroatoms. The average molecular weight is 499 g/mol. The highest BCUT2D eigenvalue weighted by molar-refractivity contribution is 8.01. The molecule has 1 saturated heterocycles. The molecule has 33 heavy (non-hydrogen) atoms. The number of anilines is 2. The van der Waals surface area contributed by atoms with Crippen LogP contribution >= 0.6 is 34.7 Å². The van der Waals surface area contributed by atoms with Crippen LogP contribution in [-0.2, 0) is 4.79 Å². The van der Waals surface area contributed by atoms with Gasteiger partial charge in [-0.05, 0) is 18.2 Å². The van der Waals surface area contributed by atoms with E-state index in [0.29, 0.717) is 28.3 Å². The number of aromatic nitrogens is 4. The van der Waals surface area contributed by atoms with Gasteiger partial charge in [0, 0.05) is 34.2 Å². The fraction of sp³-hybridized carbons (Fsp3) is 0.190. The van der Waals surface area contributed by atoms with E-state index in [1.165, 1.54) is 23.1 Å². The lowest BCUT2D eigenvalue weighted by atomic mass is 10.1. The van der Waals surface area contributed by atoms with Gasteiger partial charge in [-0.3, -0.25) is 10.1 Å². The number of thioether (sulfide) groups is 1. The Morgan fingerprint density at radius 3 is 2.82 bits per heavy atom. The van der Waals surface area contributed by atoms with Crippen LogP contribution in [0.25, 0.3) is 22.2 Å². The second-order valence-electron chi connectivity index (χ2n) is 7.35. The number of carbonyl (C=O) groups excluding carboxylic acids is 1. The fourth-order valence-electron chi connectivity index (χ4n) is 3.53. The number of halogens is 1. The average Bonchev–Trinajstić information content (AvgIpc) is 3.23. The number of nitrogens with one attached hydrogen (secondary N) is 3. The topological polar surface area (TPSA) is 131 Å². The van der Waals surface area contributed by atoms with E-state index in [1.54, 1.807) is 6.07 Å². The van der Waals surface area contributed by atoms with Gasteiger partial charge in [0.15, 0.2) is 10.6 Å². The molecule has 0 aliphatic carbocycles. The molecule has 2 aromatic heterocycles.